The summed E-state index contributed by atoms with van der Waals surface area (Å²) in [5, 5.41) is -0.0195. The van der Waals surface area contributed by atoms with Gasteiger partial charge in [-0.1, -0.05) is 23.9 Å². The summed E-state index contributed by atoms with van der Waals surface area (Å²) >= 11 is 1.24. The van der Waals surface area contributed by atoms with Gasteiger partial charge in [-0.05, 0) is 61.6 Å². The molecular formula is C21H22N2O4S2. The molecule has 4 rings (SSSR count). The number of Topliss-reactive ketones (excluding diaryl/α,β-unsaturated/α-hetero) is 1. The third-order valence-electron chi connectivity index (χ3n) is 5.15. The van der Waals surface area contributed by atoms with Crippen molar-refractivity contribution >= 4 is 38.7 Å². The van der Waals surface area contributed by atoms with Gasteiger partial charge in [0, 0.05) is 19.7 Å². The normalized spacial score (nSPS) is 15.0. The van der Waals surface area contributed by atoms with Crippen molar-refractivity contribution in [3.8, 4) is 0 Å². The summed E-state index contributed by atoms with van der Waals surface area (Å²) in [5.74, 6) is 0.0304. The van der Waals surface area contributed by atoms with Crippen LogP contribution in [0.3, 0.4) is 0 Å². The summed E-state index contributed by atoms with van der Waals surface area (Å²) in [6.45, 7) is 1.83. The van der Waals surface area contributed by atoms with Crippen LogP contribution in [0.1, 0.15) is 34.8 Å². The molecule has 152 valence electrons. The Bertz CT molecular complexity index is 1200. The average Bonchev–Trinajstić information content (AvgIpc) is 3.31. The number of rotatable bonds is 6. The van der Waals surface area contributed by atoms with Crippen LogP contribution in [0.4, 0.5) is 0 Å². The van der Waals surface area contributed by atoms with Crippen LogP contribution >= 0.6 is 11.8 Å². The van der Waals surface area contributed by atoms with Crippen molar-refractivity contribution in [3.05, 3.63) is 53.1 Å². The average molecular weight is 431 g/mol. The van der Waals surface area contributed by atoms with Crippen molar-refractivity contribution in [1.29, 1.82) is 0 Å². The lowest BCUT2D eigenvalue weighted by Crippen LogP contribution is -2.22. The van der Waals surface area contributed by atoms with Gasteiger partial charge in [0.1, 0.15) is 5.52 Å². The molecular weight excluding hydrogens is 408 g/mol. The molecule has 0 amide bonds. The number of carbonyl (C=O) groups is 1. The Labute approximate surface area is 174 Å². The topological polar surface area (TPSA) is 80.5 Å². The Balaban J connectivity index is 1.55. The number of sulfonamides is 1. The van der Waals surface area contributed by atoms with E-state index in [4.69, 9.17) is 4.42 Å². The molecule has 3 aromatic rings. The summed E-state index contributed by atoms with van der Waals surface area (Å²) < 4.78 is 31.5. The fourth-order valence-electron chi connectivity index (χ4n) is 3.47. The van der Waals surface area contributed by atoms with Crippen LogP contribution in [-0.4, -0.2) is 42.8 Å². The third kappa shape index (κ3) is 3.84. The molecule has 0 radical (unpaired) electrons. The molecule has 1 aromatic heterocycles. The minimum atomic E-state index is -3.55. The SMILES string of the molecule is CC(Sc1nc2cc(S(=O)(=O)N(C)C)ccc2o1)C(=O)c1ccc2c(c1)CCC2. The fraction of sp³-hybridized carbons (Fsp3) is 0.333. The van der Waals surface area contributed by atoms with Crippen molar-refractivity contribution < 1.29 is 17.6 Å². The maximum Gasteiger partial charge on any atom is 0.257 e. The maximum atomic E-state index is 12.8. The van der Waals surface area contributed by atoms with Gasteiger partial charge in [-0.15, -0.1) is 0 Å². The molecule has 0 saturated carbocycles. The highest BCUT2D eigenvalue weighted by Gasteiger charge is 2.23. The second-order valence-corrected chi connectivity index (χ2v) is 10.8. The molecule has 0 saturated heterocycles. The first kappa shape index (κ1) is 20.1. The van der Waals surface area contributed by atoms with Crippen molar-refractivity contribution in [2.24, 2.45) is 0 Å². The molecule has 0 N–H and O–H groups in total. The van der Waals surface area contributed by atoms with E-state index < -0.39 is 10.0 Å². The van der Waals surface area contributed by atoms with E-state index in [2.05, 4.69) is 11.1 Å². The Morgan fingerprint density at radius 2 is 1.90 bits per heavy atom. The molecule has 0 spiro atoms. The zero-order valence-electron chi connectivity index (χ0n) is 16.5. The maximum absolute atomic E-state index is 12.8. The van der Waals surface area contributed by atoms with Crippen molar-refractivity contribution in [3.63, 3.8) is 0 Å². The Kier molecular flexibility index (Phi) is 5.27. The largest absolute Gasteiger partial charge is 0.431 e. The minimum absolute atomic E-state index is 0.0304. The summed E-state index contributed by atoms with van der Waals surface area (Å²) in [6.07, 6.45) is 3.26. The molecule has 1 heterocycles. The number of hydrogen-bond donors (Lipinski definition) is 0. The van der Waals surface area contributed by atoms with Gasteiger partial charge in [0.05, 0.1) is 10.1 Å². The van der Waals surface area contributed by atoms with Gasteiger partial charge in [-0.25, -0.2) is 17.7 Å². The molecule has 0 bridgehead atoms. The smallest absolute Gasteiger partial charge is 0.257 e. The minimum Gasteiger partial charge on any atom is -0.431 e. The quantitative estimate of drug-likeness (QED) is 0.435. The predicted octanol–water partition coefficient (Wildman–Crippen LogP) is 3.93. The van der Waals surface area contributed by atoms with E-state index in [0.717, 1.165) is 23.6 Å². The first-order valence-electron chi connectivity index (χ1n) is 9.41. The zero-order chi connectivity index (χ0) is 20.8. The summed E-state index contributed by atoms with van der Waals surface area (Å²) in [4.78, 5) is 17.4. The van der Waals surface area contributed by atoms with Gasteiger partial charge in [0.25, 0.3) is 5.22 Å². The van der Waals surface area contributed by atoms with Crippen molar-refractivity contribution in [2.75, 3.05) is 14.1 Å². The molecule has 6 nitrogen and oxygen atoms in total. The summed E-state index contributed by atoms with van der Waals surface area (Å²) in [6, 6.07) is 10.5. The van der Waals surface area contributed by atoms with E-state index in [1.165, 1.54) is 49.1 Å². The molecule has 8 heteroatoms. The number of fused-ring (bicyclic) bond motifs is 2. The Morgan fingerprint density at radius 1 is 1.14 bits per heavy atom. The van der Waals surface area contributed by atoms with Gasteiger partial charge in [-0.3, -0.25) is 4.79 Å². The third-order valence-corrected chi connectivity index (χ3v) is 7.90. The number of hydrogen-bond acceptors (Lipinski definition) is 6. The molecule has 29 heavy (non-hydrogen) atoms. The van der Waals surface area contributed by atoms with E-state index >= 15 is 0 Å². The van der Waals surface area contributed by atoms with Crippen LogP contribution in [0, 0.1) is 0 Å². The van der Waals surface area contributed by atoms with E-state index in [1.54, 1.807) is 6.07 Å². The molecule has 1 atom stereocenters. The van der Waals surface area contributed by atoms with Crippen LogP contribution in [-0.2, 0) is 22.9 Å². The Morgan fingerprint density at radius 3 is 2.66 bits per heavy atom. The highest BCUT2D eigenvalue weighted by atomic mass is 32.2. The number of carbonyl (C=O) groups excluding carboxylic acids is 1. The van der Waals surface area contributed by atoms with Gasteiger partial charge in [0.15, 0.2) is 11.4 Å². The number of ketones is 1. The molecule has 1 unspecified atom stereocenters. The highest BCUT2D eigenvalue weighted by Crippen LogP contribution is 2.31. The molecule has 0 fully saturated rings. The number of nitrogens with zero attached hydrogens (tertiary/aromatic N) is 2. The van der Waals surface area contributed by atoms with Gasteiger partial charge < -0.3 is 4.42 Å². The summed E-state index contributed by atoms with van der Waals surface area (Å²) in [5.41, 5.74) is 4.25. The number of oxazole rings is 1. The Hall–Kier alpha value is -2.16. The predicted molar refractivity (Wildman–Crippen MR) is 113 cm³/mol. The second kappa shape index (κ2) is 7.59. The van der Waals surface area contributed by atoms with Gasteiger partial charge in [0.2, 0.25) is 10.0 Å². The highest BCUT2D eigenvalue weighted by molar-refractivity contribution is 8.00. The van der Waals surface area contributed by atoms with E-state index in [0.29, 0.717) is 21.9 Å². The van der Waals surface area contributed by atoms with Gasteiger partial charge in [-0.2, -0.15) is 0 Å². The monoisotopic (exact) mass is 430 g/mol. The summed E-state index contributed by atoms with van der Waals surface area (Å²) in [7, 11) is -0.582. The van der Waals surface area contributed by atoms with E-state index in [-0.39, 0.29) is 15.9 Å². The van der Waals surface area contributed by atoms with Crippen LogP contribution in [0.5, 0.6) is 0 Å². The second-order valence-electron chi connectivity index (χ2n) is 7.36. The van der Waals surface area contributed by atoms with Crippen molar-refractivity contribution in [2.45, 2.75) is 41.6 Å². The van der Waals surface area contributed by atoms with E-state index in [9.17, 15) is 13.2 Å². The fourth-order valence-corrected chi connectivity index (χ4v) is 5.23. The number of aromatic nitrogens is 1. The first-order valence-corrected chi connectivity index (χ1v) is 11.7. The van der Waals surface area contributed by atoms with Crippen LogP contribution in [0.25, 0.3) is 11.1 Å². The standard InChI is InChI=1S/C21H22N2O4S2/c1-13(20(24)16-8-7-14-5-4-6-15(14)11-16)28-21-22-18-12-17(9-10-19(18)27-21)29(25,26)23(2)3/h7-13H,4-6H2,1-3H3. The zero-order valence-corrected chi connectivity index (χ0v) is 18.1. The lowest BCUT2D eigenvalue weighted by molar-refractivity contribution is 0.0993. The van der Waals surface area contributed by atoms with Crippen LogP contribution in [0.15, 0.2) is 50.9 Å². The molecule has 2 aromatic carbocycles. The number of benzene rings is 2. The first-order chi connectivity index (χ1) is 13.8. The number of thioether (sulfide) groups is 1. The van der Waals surface area contributed by atoms with Gasteiger partial charge >= 0.3 is 0 Å². The van der Waals surface area contributed by atoms with Crippen LogP contribution in [0.2, 0.25) is 0 Å². The molecule has 0 aliphatic heterocycles. The number of aryl methyl sites for hydroxylation is 2. The lowest BCUT2D eigenvalue weighted by Gasteiger charge is -2.10. The van der Waals surface area contributed by atoms with E-state index in [1.807, 2.05) is 19.1 Å². The van der Waals surface area contributed by atoms with Crippen molar-refractivity contribution in [1.82, 2.24) is 9.29 Å². The van der Waals surface area contributed by atoms with Crippen LogP contribution < -0.4 is 0 Å². The molecule has 1 aliphatic carbocycles. The lowest BCUT2D eigenvalue weighted by atomic mass is 10.0. The molecule has 1 aliphatic rings.